The molecule has 0 bridgehead atoms. The van der Waals surface area contributed by atoms with Crippen LogP contribution in [0.15, 0.2) is 18.2 Å². The van der Waals surface area contributed by atoms with E-state index < -0.39 is 22.8 Å². The first kappa shape index (κ1) is 15.5. The van der Waals surface area contributed by atoms with Crippen LogP contribution < -0.4 is 10.6 Å². The van der Waals surface area contributed by atoms with Crippen molar-refractivity contribution in [3.63, 3.8) is 0 Å². The molecule has 0 saturated carbocycles. The number of rotatable bonds is 5. The average Bonchev–Trinajstić information content (AvgIpc) is 2.30. The van der Waals surface area contributed by atoms with Gasteiger partial charge in [-0.05, 0) is 18.2 Å². The topological polar surface area (TPSA) is 95.5 Å². The number of amides is 2. The molecule has 0 saturated heterocycles. The van der Waals surface area contributed by atoms with Gasteiger partial charge in [0.05, 0.1) is 10.6 Å². The molecule has 8 heteroatoms. The highest BCUT2D eigenvalue weighted by atomic mass is 35.5. The monoisotopic (exact) mass is 304 g/mol. The molecule has 0 aliphatic heterocycles. The number of carbonyl (C=O) groups excluding carboxylic acids is 1. The Morgan fingerprint density at radius 3 is 2.68 bits per heavy atom. The predicted molar refractivity (Wildman–Crippen MR) is 74.4 cm³/mol. The molecule has 104 valence electrons. The Bertz CT molecular complexity index is 521. The highest BCUT2D eigenvalue weighted by molar-refractivity contribution is 7.84. The molecule has 2 amide bonds. The smallest absolute Gasteiger partial charge is 0.337 e. The first-order valence-electron chi connectivity index (χ1n) is 5.28. The number of urea groups is 1. The summed E-state index contributed by atoms with van der Waals surface area (Å²) < 4.78 is 10.8. The zero-order chi connectivity index (χ0) is 14.4. The van der Waals surface area contributed by atoms with Crippen molar-refractivity contribution in [1.29, 1.82) is 0 Å². The lowest BCUT2D eigenvalue weighted by molar-refractivity contribution is 0.0697. The van der Waals surface area contributed by atoms with E-state index in [0.717, 1.165) is 0 Å². The molecule has 1 aromatic rings. The van der Waals surface area contributed by atoms with Crippen molar-refractivity contribution in [2.24, 2.45) is 0 Å². The van der Waals surface area contributed by atoms with Crippen LogP contribution in [0, 0.1) is 0 Å². The minimum atomic E-state index is -1.17. The molecule has 1 aromatic carbocycles. The molecular weight excluding hydrogens is 292 g/mol. The summed E-state index contributed by atoms with van der Waals surface area (Å²) in [6, 6.07) is 3.65. The van der Waals surface area contributed by atoms with E-state index in [1.165, 1.54) is 24.5 Å². The number of carboxylic acid groups (broad SMARTS) is 1. The summed E-state index contributed by atoms with van der Waals surface area (Å²) >= 11 is 5.70. The maximum Gasteiger partial charge on any atom is 0.337 e. The number of halogens is 1. The Morgan fingerprint density at radius 1 is 1.42 bits per heavy atom. The number of hydrogen-bond acceptors (Lipinski definition) is 3. The zero-order valence-corrected chi connectivity index (χ0v) is 11.7. The van der Waals surface area contributed by atoms with Gasteiger partial charge in [0.2, 0.25) is 0 Å². The van der Waals surface area contributed by atoms with Crippen LogP contribution in [0.25, 0.3) is 0 Å². The number of benzene rings is 1. The molecule has 1 atom stereocenters. The minimum absolute atomic E-state index is 0.0888. The van der Waals surface area contributed by atoms with Crippen molar-refractivity contribution in [1.82, 2.24) is 5.32 Å². The maximum atomic E-state index is 11.5. The molecule has 0 heterocycles. The number of carbonyl (C=O) groups is 2. The Labute approximate surface area is 117 Å². The standard InChI is InChI=1S/C11H13ClN2O4S/c1-19(18)5-4-13-11(17)14-7-2-3-9(12)8(6-7)10(15)16/h2-3,6H,4-5H2,1H3,(H,15,16)(H2,13,14,17). The van der Waals surface area contributed by atoms with E-state index in [1.807, 2.05) is 0 Å². The van der Waals surface area contributed by atoms with Gasteiger partial charge in [0.25, 0.3) is 0 Å². The van der Waals surface area contributed by atoms with E-state index in [1.54, 1.807) is 0 Å². The number of anilines is 1. The second kappa shape index (κ2) is 7.10. The lowest BCUT2D eigenvalue weighted by Gasteiger charge is -2.08. The zero-order valence-electron chi connectivity index (χ0n) is 10.1. The largest absolute Gasteiger partial charge is 0.478 e. The molecule has 3 N–H and O–H groups in total. The summed E-state index contributed by atoms with van der Waals surface area (Å²) in [6.07, 6.45) is 1.54. The van der Waals surface area contributed by atoms with Crippen LogP contribution in [0.3, 0.4) is 0 Å². The van der Waals surface area contributed by atoms with Gasteiger partial charge in [-0.15, -0.1) is 0 Å². The summed E-state index contributed by atoms with van der Waals surface area (Å²) in [5.74, 6) is -0.815. The van der Waals surface area contributed by atoms with Crippen LogP contribution in [0.5, 0.6) is 0 Å². The SMILES string of the molecule is CS(=O)CCNC(=O)Nc1ccc(Cl)c(C(=O)O)c1. The van der Waals surface area contributed by atoms with Gasteiger partial charge >= 0.3 is 12.0 Å². The summed E-state index contributed by atoms with van der Waals surface area (Å²) in [5.41, 5.74) is 0.228. The fourth-order valence-corrected chi connectivity index (χ4v) is 1.84. The third-order valence-electron chi connectivity index (χ3n) is 2.13. The van der Waals surface area contributed by atoms with Crippen LogP contribution in [0.4, 0.5) is 10.5 Å². The third-order valence-corrected chi connectivity index (χ3v) is 3.24. The van der Waals surface area contributed by atoms with E-state index in [0.29, 0.717) is 11.4 Å². The molecule has 0 radical (unpaired) electrons. The molecule has 6 nitrogen and oxygen atoms in total. The van der Waals surface area contributed by atoms with Crippen molar-refractivity contribution in [3.05, 3.63) is 28.8 Å². The normalized spacial score (nSPS) is 11.7. The number of carboxylic acids is 1. The second-order valence-electron chi connectivity index (χ2n) is 3.66. The van der Waals surface area contributed by atoms with Crippen LogP contribution >= 0.6 is 11.6 Å². The summed E-state index contributed by atoms with van der Waals surface area (Å²) in [7, 11) is -0.979. The Kier molecular flexibility index (Phi) is 5.78. The van der Waals surface area contributed by atoms with Gasteiger partial charge in [-0.1, -0.05) is 11.6 Å². The lowest BCUT2D eigenvalue weighted by atomic mass is 10.2. The molecule has 0 aliphatic carbocycles. The summed E-state index contributed by atoms with van der Waals surface area (Å²) in [5, 5.41) is 13.9. The van der Waals surface area contributed by atoms with Gasteiger partial charge in [-0.3, -0.25) is 4.21 Å². The van der Waals surface area contributed by atoms with Gasteiger partial charge in [0.1, 0.15) is 0 Å². The first-order valence-corrected chi connectivity index (χ1v) is 7.38. The highest BCUT2D eigenvalue weighted by Crippen LogP contribution is 2.20. The van der Waals surface area contributed by atoms with E-state index >= 15 is 0 Å². The maximum absolute atomic E-state index is 11.5. The van der Waals surface area contributed by atoms with E-state index in [-0.39, 0.29) is 17.1 Å². The molecule has 1 unspecified atom stereocenters. The minimum Gasteiger partial charge on any atom is -0.478 e. The van der Waals surface area contributed by atoms with Gasteiger partial charge in [-0.25, -0.2) is 9.59 Å². The van der Waals surface area contributed by atoms with Crippen LogP contribution in [-0.2, 0) is 10.8 Å². The second-order valence-corrected chi connectivity index (χ2v) is 5.62. The van der Waals surface area contributed by atoms with E-state index in [4.69, 9.17) is 16.7 Å². The molecule has 1 rings (SSSR count). The fraction of sp³-hybridized carbons (Fsp3) is 0.273. The fourth-order valence-electron chi connectivity index (χ4n) is 1.25. The summed E-state index contributed by atoms with van der Waals surface area (Å²) in [4.78, 5) is 22.3. The van der Waals surface area contributed by atoms with Crippen molar-refractivity contribution in [2.45, 2.75) is 0 Å². The lowest BCUT2D eigenvalue weighted by Crippen LogP contribution is -2.31. The van der Waals surface area contributed by atoms with Crippen molar-refractivity contribution in [2.75, 3.05) is 23.9 Å². The third kappa shape index (κ3) is 5.27. The van der Waals surface area contributed by atoms with E-state index in [9.17, 15) is 13.8 Å². The number of hydrogen-bond donors (Lipinski definition) is 3. The quantitative estimate of drug-likeness (QED) is 0.769. The van der Waals surface area contributed by atoms with Crippen LogP contribution in [0.1, 0.15) is 10.4 Å². The van der Waals surface area contributed by atoms with Crippen molar-refractivity contribution >= 4 is 40.1 Å². The molecule has 0 spiro atoms. The number of aromatic carboxylic acids is 1. The molecule has 0 aromatic heterocycles. The van der Waals surface area contributed by atoms with Gasteiger partial charge in [0.15, 0.2) is 0 Å². The molecule has 0 aliphatic rings. The van der Waals surface area contributed by atoms with Gasteiger partial charge in [-0.2, -0.15) is 0 Å². The highest BCUT2D eigenvalue weighted by Gasteiger charge is 2.10. The Morgan fingerprint density at radius 2 is 2.11 bits per heavy atom. The van der Waals surface area contributed by atoms with Crippen LogP contribution in [0.2, 0.25) is 5.02 Å². The van der Waals surface area contributed by atoms with Crippen LogP contribution in [-0.4, -0.2) is 39.9 Å². The van der Waals surface area contributed by atoms with Crippen molar-refractivity contribution < 1.29 is 18.9 Å². The predicted octanol–water partition coefficient (Wildman–Crippen LogP) is 1.54. The molecule has 0 fully saturated rings. The van der Waals surface area contributed by atoms with Crippen molar-refractivity contribution in [3.8, 4) is 0 Å². The summed E-state index contributed by atoms with van der Waals surface area (Å²) in [6.45, 7) is 0.272. The van der Waals surface area contributed by atoms with Gasteiger partial charge < -0.3 is 15.7 Å². The Balaban J connectivity index is 2.62. The first-order chi connectivity index (χ1) is 8.90. The molecular formula is C11H13ClN2O4S. The molecule has 19 heavy (non-hydrogen) atoms. The average molecular weight is 305 g/mol. The van der Waals surface area contributed by atoms with Gasteiger partial charge in [0, 0.05) is 35.0 Å². The Hall–Kier alpha value is -1.60. The number of nitrogens with one attached hydrogen (secondary N) is 2. The van der Waals surface area contributed by atoms with E-state index in [2.05, 4.69) is 10.6 Å².